The average molecular weight is 252 g/mol. The SMILES string of the molecule is COc1cccc(OCC(=O)NCCN(C)C)c1. The highest BCUT2D eigenvalue weighted by Crippen LogP contribution is 2.18. The third-order valence-electron chi connectivity index (χ3n) is 2.29. The fraction of sp³-hybridized carbons (Fsp3) is 0.462. The molecule has 0 saturated carbocycles. The number of benzene rings is 1. The van der Waals surface area contributed by atoms with Crippen LogP contribution in [0.4, 0.5) is 0 Å². The smallest absolute Gasteiger partial charge is 0.257 e. The van der Waals surface area contributed by atoms with E-state index in [9.17, 15) is 4.79 Å². The number of likely N-dealkylation sites (N-methyl/N-ethyl adjacent to an activating group) is 1. The maximum absolute atomic E-state index is 11.5. The number of amides is 1. The van der Waals surface area contributed by atoms with Crippen molar-refractivity contribution in [1.82, 2.24) is 10.2 Å². The molecule has 0 aliphatic carbocycles. The minimum Gasteiger partial charge on any atom is -0.497 e. The van der Waals surface area contributed by atoms with Gasteiger partial charge in [-0.1, -0.05) is 6.07 Å². The predicted molar refractivity (Wildman–Crippen MR) is 70.1 cm³/mol. The first-order valence-electron chi connectivity index (χ1n) is 5.80. The van der Waals surface area contributed by atoms with E-state index in [1.165, 1.54) is 0 Å². The topological polar surface area (TPSA) is 50.8 Å². The van der Waals surface area contributed by atoms with E-state index < -0.39 is 0 Å². The average Bonchev–Trinajstić information content (AvgIpc) is 2.36. The molecule has 0 atom stereocenters. The highest BCUT2D eigenvalue weighted by Gasteiger charge is 2.03. The molecule has 1 aromatic carbocycles. The first-order chi connectivity index (χ1) is 8.61. The van der Waals surface area contributed by atoms with Crippen LogP contribution in [0.25, 0.3) is 0 Å². The van der Waals surface area contributed by atoms with Gasteiger partial charge in [-0.2, -0.15) is 0 Å². The maximum Gasteiger partial charge on any atom is 0.257 e. The van der Waals surface area contributed by atoms with Gasteiger partial charge in [0, 0.05) is 19.2 Å². The van der Waals surface area contributed by atoms with Gasteiger partial charge in [0.1, 0.15) is 11.5 Å². The molecule has 0 radical (unpaired) electrons. The van der Waals surface area contributed by atoms with Crippen LogP contribution in [0.5, 0.6) is 11.5 Å². The third-order valence-corrected chi connectivity index (χ3v) is 2.29. The summed E-state index contributed by atoms with van der Waals surface area (Å²) in [4.78, 5) is 13.5. The summed E-state index contributed by atoms with van der Waals surface area (Å²) in [6, 6.07) is 7.17. The second-order valence-electron chi connectivity index (χ2n) is 4.12. The molecule has 0 spiro atoms. The van der Waals surface area contributed by atoms with E-state index in [1.807, 2.05) is 31.1 Å². The summed E-state index contributed by atoms with van der Waals surface area (Å²) in [7, 11) is 5.50. The van der Waals surface area contributed by atoms with Gasteiger partial charge in [-0.3, -0.25) is 4.79 Å². The van der Waals surface area contributed by atoms with Crippen LogP contribution in [0.3, 0.4) is 0 Å². The second-order valence-corrected chi connectivity index (χ2v) is 4.12. The molecule has 1 amide bonds. The summed E-state index contributed by atoms with van der Waals surface area (Å²) in [5, 5.41) is 2.78. The third kappa shape index (κ3) is 5.54. The van der Waals surface area contributed by atoms with Gasteiger partial charge in [-0.15, -0.1) is 0 Å². The Morgan fingerprint density at radius 1 is 1.33 bits per heavy atom. The van der Waals surface area contributed by atoms with Gasteiger partial charge >= 0.3 is 0 Å². The van der Waals surface area contributed by atoms with Gasteiger partial charge in [0.05, 0.1) is 7.11 Å². The van der Waals surface area contributed by atoms with E-state index >= 15 is 0 Å². The Balaban J connectivity index is 2.29. The largest absolute Gasteiger partial charge is 0.497 e. The number of hydrogen-bond acceptors (Lipinski definition) is 4. The van der Waals surface area contributed by atoms with Crippen molar-refractivity contribution in [2.75, 3.05) is 40.9 Å². The second kappa shape index (κ2) is 7.55. The number of hydrogen-bond donors (Lipinski definition) is 1. The van der Waals surface area contributed by atoms with E-state index in [1.54, 1.807) is 19.2 Å². The molecule has 0 aliphatic heterocycles. The van der Waals surface area contributed by atoms with Crippen LogP contribution in [-0.2, 0) is 4.79 Å². The molecule has 18 heavy (non-hydrogen) atoms. The van der Waals surface area contributed by atoms with Crippen molar-refractivity contribution in [3.63, 3.8) is 0 Å². The quantitative estimate of drug-likeness (QED) is 0.778. The molecule has 100 valence electrons. The van der Waals surface area contributed by atoms with Gasteiger partial charge < -0.3 is 19.7 Å². The van der Waals surface area contributed by atoms with E-state index in [0.717, 1.165) is 6.54 Å². The van der Waals surface area contributed by atoms with Crippen LogP contribution in [0.15, 0.2) is 24.3 Å². The number of ether oxygens (including phenoxy) is 2. The normalized spacial score (nSPS) is 10.2. The fourth-order valence-electron chi connectivity index (χ4n) is 1.31. The molecule has 0 unspecified atom stereocenters. The minimum absolute atomic E-state index is 0.0145. The molecule has 1 rings (SSSR count). The zero-order valence-corrected chi connectivity index (χ0v) is 11.1. The first kappa shape index (κ1) is 14.3. The molecule has 0 saturated heterocycles. The van der Waals surface area contributed by atoms with E-state index in [4.69, 9.17) is 9.47 Å². The Bertz CT molecular complexity index is 380. The van der Waals surface area contributed by atoms with Gasteiger partial charge in [0.2, 0.25) is 0 Å². The molecule has 1 aromatic rings. The van der Waals surface area contributed by atoms with Gasteiger partial charge in [0.15, 0.2) is 6.61 Å². The van der Waals surface area contributed by atoms with Crippen molar-refractivity contribution < 1.29 is 14.3 Å². The molecule has 0 heterocycles. The van der Waals surface area contributed by atoms with Crippen molar-refractivity contribution in [3.8, 4) is 11.5 Å². The first-order valence-corrected chi connectivity index (χ1v) is 5.80. The standard InChI is InChI=1S/C13H20N2O3/c1-15(2)8-7-14-13(16)10-18-12-6-4-5-11(9-12)17-3/h4-6,9H,7-8,10H2,1-3H3,(H,14,16). The summed E-state index contributed by atoms with van der Waals surface area (Å²) in [6.07, 6.45) is 0. The predicted octanol–water partition coefficient (Wildman–Crippen LogP) is 0.752. The molecule has 0 aliphatic rings. The summed E-state index contributed by atoms with van der Waals surface area (Å²) in [6.45, 7) is 1.44. The maximum atomic E-state index is 11.5. The summed E-state index contributed by atoms with van der Waals surface area (Å²) < 4.78 is 10.4. The van der Waals surface area contributed by atoms with Gasteiger partial charge in [-0.05, 0) is 26.2 Å². The Kier molecular flexibility index (Phi) is 6.00. The van der Waals surface area contributed by atoms with Crippen LogP contribution < -0.4 is 14.8 Å². The number of rotatable bonds is 7. The molecule has 0 bridgehead atoms. The zero-order chi connectivity index (χ0) is 13.4. The van der Waals surface area contributed by atoms with Crippen LogP contribution >= 0.6 is 0 Å². The van der Waals surface area contributed by atoms with Crippen LogP contribution in [0.2, 0.25) is 0 Å². The molecular formula is C13H20N2O3. The molecule has 0 fully saturated rings. The highest BCUT2D eigenvalue weighted by molar-refractivity contribution is 5.77. The molecule has 1 N–H and O–H groups in total. The van der Waals surface area contributed by atoms with Crippen molar-refractivity contribution in [1.29, 1.82) is 0 Å². The monoisotopic (exact) mass is 252 g/mol. The number of nitrogens with one attached hydrogen (secondary N) is 1. The summed E-state index contributed by atoms with van der Waals surface area (Å²) in [5.74, 6) is 1.21. The van der Waals surface area contributed by atoms with Gasteiger partial charge in [-0.25, -0.2) is 0 Å². The zero-order valence-electron chi connectivity index (χ0n) is 11.1. The van der Waals surface area contributed by atoms with Crippen LogP contribution in [0, 0.1) is 0 Å². The lowest BCUT2D eigenvalue weighted by Crippen LogP contribution is -2.34. The lowest BCUT2D eigenvalue weighted by Gasteiger charge is -2.11. The number of carbonyl (C=O) groups excluding carboxylic acids is 1. The van der Waals surface area contributed by atoms with E-state index in [2.05, 4.69) is 5.32 Å². The van der Waals surface area contributed by atoms with Crippen LogP contribution in [-0.4, -0.2) is 51.7 Å². The molecule has 5 heteroatoms. The lowest BCUT2D eigenvalue weighted by molar-refractivity contribution is -0.123. The molecule has 0 aromatic heterocycles. The Morgan fingerprint density at radius 2 is 2.06 bits per heavy atom. The lowest BCUT2D eigenvalue weighted by atomic mass is 10.3. The number of methoxy groups -OCH3 is 1. The van der Waals surface area contributed by atoms with Crippen LogP contribution in [0.1, 0.15) is 0 Å². The van der Waals surface area contributed by atoms with E-state index in [0.29, 0.717) is 18.0 Å². The summed E-state index contributed by atoms with van der Waals surface area (Å²) in [5.41, 5.74) is 0. The molecule has 5 nitrogen and oxygen atoms in total. The summed E-state index contributed by atoms with van der Waals surface area (Å²) >= 11 is 0. The van der Waals surface area contributed by atoms with Crippen molar-refractivity contribution in [3.05, 3.63) is 24.3 Å². The van der Waals surface area contributed by atoms with E-state index in [-0.39, 0.29) is 12.5 Å². The molecular weight excluding hydrogens is 232 g/mol. The Labute approximate surface area is 108 Å². The van der Waals surface area contributed by atoms with Crippen molar-refractivity contribution in [2.45, 2.75) is 0 Å². The number of nitrogens with zero attached hydrogens (tertiary/aromatic N) is 1. The van der Waals surface area contributed by atoms with Crippen molar-refractivity contribution >= 4 is 5.91 Å². The Hall–Kier alpha value is -1.75. The van der Waals surface area contributed by atoms with Gasteiger partial charge in [0.25, 0.3) is 5.91 Å². The fourth-order valence-corrected chi connectivity index (χ4v) is 1.31. The number of carbonyl (C=O) groups is 1. The minimum atomic E-state index is -0.125. The highest BCUT2D eigenvalue weighted by atomic mass is 16.5. The van der Waals surface area contributed by atoms with Crippen molar-refractivity contribution in [2.24, 2.45) is 0 Å². The Morgan fingerprint density at radius 3 is 2.72 bits per heavy atom.